The first-order valence-electron chi connectivity index (χ1n) is 8.10. The SMILES string of the molecule is O=C1[C@H](Cc2c[nH]c3ccccc23)Nc2c3ccccc3nc(=S)n21. The van der Waals surface area contributed by atoms with Crippen molar-refractivity contribution in [1.29, 1.82) is 0 Å². The molecule has 0 bridgehead atoms. The average molecular weight is 346 g/mol. The Morgan fingerprint density at radius 1 is 1.08 bits per heavy atom. The van der Waals surface area contributed by atoms with Gasteiger partial charge in [-0.05, 0) is 36.0 Å². The third kappa shape index (κ3) is 2.11. The molecule has 1 aliphatic heterocycles. The largest absolute Gasteiger partial charge is 0.361 e. The third-order valence-corrected chi connectivity index (χ3v) is 4.99. The number of hydrogen-bond acceptors (Lipinski definition) is 4. The van der Waals surface area contributed by atoms with Crippen molar-refractivity contribution < 1.29 is 4.79 Å². The van der Waals surface area contributed by atoms with Crippen LogP contribution in [-0.4, -0.2) is 26.5 Å². The molecule has 0 amide bonds. The Morgan fingerprint density at radius 2 is 1.84 bits per heavy atom. The number of H-pyrrole nitrogens is 1. The Kier molecular flexibility index (Phi) is 3.02. The molecule has 5 nitrogen and oxygen atoms in total. The Balaban J connectivity index is 1.59. The van der Waals surface area contributed by atoms with Gasteiger partial charge in [-0.25, -0.2) is 9.55 Å². The molecule has 0 saturated carbocycles. The van der Waals surface area contributed by atoms with Crippen LogP contribution < -0.4 is 5.32 Å². The summed E-state index contributed by atoms with van der Waals surface area (Å²) in [6.45, 7) is 0. The van der Waals surface area contributed by atoms with Gasteiger partial charge in [0.1, 0.15) is 11.9 Å². The van der Waals surface area contributed by atoms with E-state index >= 15 is 0 Å². The van der Waals surface area contributed by atoms with Gasteiger partial charge in [-0.15, -0.1) is 0 Å². The van der Waals surface area contributed by atoms with Crippen LogP contribution in [0.15, 0.2) is 54.7 Å². The minimum atomic E-state index is -0.353. The van der Waals surface area contributed by atoms with Crippen LogP contribution in [0.1, 0.15) is 10.4 Å². The average Bonchev–Trinajstić information content (AvgIpc) is 3.18. The second kappa shape index (κ2) is 5.26. The molecule has 25 heavy (non-hydrogen) atoms. The molecule has 6 heteroatoms. The first-order chi connectivity index (χ1) is 12.2. The summed E-state index contributed by atoms with van der Waals surface area (Å²) in [4.78, 5) is 20.6. The standard InChI is InChI=1S/C19H14N4OS/c24-18-16(9-11-10-20-14-7-3-1-5-12(11)14)21-17-13-6-2-4-8-15(13)22-19(25)23(17)18/h1-8,10,16,20-21H,9H2/t16-/m0/s1. The van der Waals surface area contributed by atoms with Crippen LogP contribution in [0.5, 0.6) is 0 Å². The fourth-order valence-corrected chi connectivity index (χ4v) is 3.81. The maximum atomic E-state index is 12.9. The molecule has 2 N–H and O–H groups in total. The number of benzene rings is 2. The molecule has 0 radical (unpaired) electrons. The number of hydrogen-bond donors (Lipinski definition) is 2. The summed E-state index contributed by atoms with van der Waals surface area (Å²) in [6, 6.07) is 15.5. The zero-order valence-corrected chi connectivity index (χ0v) is 14.0. The molecule has 122 valence electrons. The highest BCUT2D eigenvalue weighted by molar-refractivity contribution is 7.71. The summed E-state index contributed by atoms with van der Waals surface area (Å²) >= 11 is 5.35. The number of nitrogens with one attached hydrogen (secondary N) is 2. The van der Waals surface area contributed by atoms with Gasteiger partial charge in [0.05, 0.1) is 5.52 Å². The maximum absolute atomic E-state index is 12.9. The van der Waals surface area contributed by atoms with Crippen molar-refractivity contribution in [1.82, 2.24) is 14.5 Å². The quantitative estimate of drug-likeness (QED) is 0.540. The van der Waals surface area contributed by atoms with Crippen LogP contribution in [0.25, 0.3) is 21.8 Å². The van der Waals surface area contributed by atoms with Gasteiger partial charge in [-0.2, -0.15) is 0 Å². The Labute approximate surface area is 148 Å². The predicted octanol–water partition coefficient (Wildman–Crippen LogP) is 3.92. The minimum absolute atomic E-state index is 0.0523. The molecule has 5 rings (SSSR count). The molecule has 0 unspecified atom stereocenters. The molecule has 0 spiro atoms. The number of anilines is 1. The summed E-state index contributed by atoms with van der Waals surface area (Å²) < 4.78 is 1.82. The van der Waals surface area contributed by atoms with E-state index in [0.717, 1.165) is 33.2 Å². The fourth-order valence-electron chi connectivity index (χ4n) is 3.53. The molecule has 4 aromatic rings. The van der Waals surface area contributed by atoms with E-state index in [1.807, 2.05) is 48.7 Å². The number of fused-ring (bicyclic) bond motifs is 4. The highest BCUT2D eigenvalue weighted by atomic mass is 32.1. The lowest BCUT2D eigenvalue weighted by Gasteiger charge is -2.08. The number of aromatic nitrogens is 3. The lowest BCUT2D eigenvalue weighted by molar-refractivity contribution is 0.0905. The van der Waals surface area contributed by atoms with Gasteiger partial charge in [0.2, 0.25) is 4.77 Å². The van der Waals surface area contributed by atoms with Gasteiger partial charge < -0.3 is 10.3 Å². The number of nitrogens with zero attached hydrogens (tertiary/aromatic N) is 2. The molecule has 0 fully saturated rings. The van der Waals surface area contributed by atoms with Gasteiger partial charge in [0, 0.05) is 28.9 Å². The van der Waals surface area contributed by atoms with Crippen LogP contribution in [0.3, 0.4) is 0 Å². The van der Waals surface area contributed by atoms with E-state index in [1.165, 1.54) is 4.57 Å². The zero-order valence-electron chi connectivity index (χ0n) is 13.2. The molecular formula is C19H14N4OS. The summed E-state index contributed by atoms with van der Waals surface area (Å²) in [5.41, 5.74) is 2.98. The first kappa shape index (κ1) is 14.4. The number of carbonyl (C=O) groups excluding carboxylic acids is 1. The third-order valence-electron chi connectivity index (χ3n) is 4.72. The highest BCUT2D eigenvalue weighted by Crippen LogP contribution is 2.30. The lowest BCUT2D eigenvalue weighted by Crippen LogP contribution is -2.27. The van der Waals surface area contributed by atoms with Crippen LogP contribution >= 0.6 is 12.2 Å². The molecule has 2 aromatic carbocycles. The highest BCUT2D eigenvalue weighted by Gasteiger charge is 2.32. The van der Waals surface area contributed by atoms with E-state index in [9.17, 15) is 4.79 Å². The van der Waals surface area contributed by atoms with Crippen molar-refractivity contribution in [3.8, 4) is 0 Å². The number of aromatic amines is 1. The summed E-state index contributed by atoms with van der Waals surface area (Å²) in [7, 11) is 0. The number of rotatable bonds is 2. The van der Waals surface area contributed by atoms with Crippen molar-refractivity contribution >= 4 is 45.7 Å². The van der Waals surface area contributed by atoms with E-state index in [2.05, 4.69) is 21.4 Å². The number of para-hydroxylation sites is 2. The monoisotopic (exact) mass is 346 g/mol. The van der Waals surface area contributed by atoms with Crippen LogP contribution in [0.4, 0.5) is 5.82 Å². The van der Waals surface area contributed by atoms with E-state index in [-0.39, 0.29) is 11.9 Å². The second-order valence-corrected chi connectivity index (χ2v) is 6.56. The summed E-state index contributed by atoms with van der Waals surface area (Å²) in [6.07, 6.45) is 2.56. The molecule has 0 aliphatic carbocycles. The van der Waals surface area contributed by atoms with Gasteiger partial charge in [0.25, 0.3) is 5.91 Å². The fraction of sp³-hybridized carbons (Fsp3) is 0.105. The molecule has 0 saturated heterocycles. The van der Waals surface area contributed by atoms with Crippen molar-refractivity contribution in [2.24, 2.45) is 0 Å². The molecular weight excluding hydrogens is 332 g/mol. The Bertz CT molecular complexity index is 1210. The Morgan fingerprint density at radius 3 is 2.72 bits per heavy atom. The van der Waals surface area contributed by atoms with Gasteiger partial charge in [-0.3, -0.25) is 4.79 Å². The molecule has 1 aliphatic rings. The number of carbonyl (C=O) groups is 1. The van der Waals surface area contributed by atoms with E-state index < -0.39 is 0 Å². The summed E-state index contributed by atoms with van der Waals surface area (Å²) in [5.74, 6) is 0.689. The van der Waals surface area contributed by atoms with E-state index in [1.54, 1.807) is 0 Å². The molecule has 2 aromatic heterocycles. The first-order valence-corrected chi connectivity index (χ1v) is 8.51. The summed E-state index contributed by atoms with van der Waals surface area (Å²) in [5, 5.41) is 5.41. The Hall–Kier alpha value is -2.99. The maximum Gasteiger partial charge on any atom is 0.257 e. The minimum Gasteiger partial charge on any atom is -0.361 e. The second-order valence-electron chi connectivity index (χ2n) is 6.19. The van der Waals surface area contributed by atoms with Crippen molar-refractivity contribution in [2.75, 3.05) is 5.32 Å². The van der Waals surface area contributed by atoms with Crippen LogP contribution in [0, 0.1) is 4.77 Å². The smallest absolute Gasteiger partial charge is 0.257 e. The molecule has 3 heterocycles. The normalized spacial score (nSPS) is 16.3. The zero-order chi connectivity index (χ0) is 17.0. The van der Waals surface area contributed by atoms with Crippen LogP contribution in [0.2, 0.25) is 0 Å². The van der Waals surface area contributed by atoms with Gasteiger partial charge in [0.15, 0.2) is 0 Å². The predicted molar refractivity (Wildman–Crippen MR) is 101 cm³/mol. The van der Waals surface area contributed by atoms with Crippen molar-refractivity contribution in [3.05, 3.63) is 65.1 Å². The molecule has 1 atom stereocenters. The topological polar surface area (TPSA) is 62.7 Å². The van der Waals surface area contributed by atoms with E-state index in [4.69, 9.17) is 12.2 Å². The van der Waals surface area contributed by atoms with Gasteiger partial charge >= 0.3 is 0 Å². The van der Waals surface area contributed by atoms with Crippen molar-refractivity contribution in [3.63, 3.8) is 0 Å². The van der Waals surface area contributed by atoms with Gasteiger partial charge in [-0.1, -0.05) is 30.3 Å². The van der Waals surface area contributed by atoms with Crippen LogP contribution in [-0.2, 0) is 6.42 Å². The lowest BCUT2D eigenvalue weighted by atomic mass is 10.1. The van der Waals surface area contributed by atoms with Crippen molar-refractivity contribution in [2.45, 2.75) is 12.5 Å². The van der Waals surface area contributed by atoms with E-state index in [0.29, 0.717) is 11.2 Å².